The average Bonchev–Trinajstić information content (AvgIpc) is 2.85. The lowest BCUT2D eigenvalue weighted by Gasteiger charge is -2.21. The number of nitrogens with one attached hydrogen (secondary N) is 1. The summed E-state index contributed by atoms with van der Waals surface area (Å²) in [5, 5.41) is 2.42. The molecule has 0 aliphatic carbocycles. The Morgan fingerprint density at radius 1 is 1.39 bits per heavy atom. The SMILES string of the molecule is CS(=O)(=O)N1CCC[C@@H]1C(=O)Nc1cccc(OC(F)(F)F)c1. The van der Waals surface area contributed by atoms with Gasteiger partial charge in [0.2, 0.25) is 15.9 Å². The van der Waals surface area contributed by atoms with Gasteiger partial charge in [-0.05, 0) is 25.0 Å². The predicted molar refractivity (Wildman–Crippen MR) is 76.3 cm³/mol. The van der Waals surface area contributed by atoms with E-state index in [-0.39, 0.29) is 12.2 Å². The van der Waals surface area contributed by atoms with E-state index in [9.17, 15) is 26.4 Å². The normalized spacial score (nSPS) is 19.6. The van der Waals surface area contributed by atoms with E-state index in [1.165, 1.54) is 12.1 Å². The van der Waals surface area contributed by atoms with Crippen molar-refractivity contribution in [2.75, 3.05) is 18.1 Å². The first kappa shape index (κ1) is 17.5. The number of anilines is 1. The van der Waals surface area contributed by atoms with Crippen molar-refractivity contribution in [1.29, 1.82) is 0 Å². The van der Waals surface area contributed by atoms with Crippen molar-refractivity contribution < 1.29 is 31.1 Å². The van der Waals surface area contributed by atoms with E-state index in [1.54, 1.807) is 0 Å². The second-order valence-electron chi connectivity index (χ2n) is 5.10. The van der Waals surface area contributed by atoms with Crippen LogP contribution in [0.25, 0.3) is 0 Å². The first-order valence-corrected chi connectivity index (χ1v) is 8.54. The molecule has 23 heavy (non-hydrogen) atoms. The number of amides is 1. The summed E-state index contributed by atoms with van der Waals surface area (Å²) < 4.78 is 64.6. The van der Waals surface area contributed by atoms with Crippen LogP contribution in [-0.2, 0) is 14.8 Å². The second-order valence-corrected chi connectivity index (χ2v) is 7.03. The molecule has 1 N–H and O–H groups in total. The molecule has 2 rings (SSSR count). The highest BCUT2D eigenvalue weighted by atomic mass is 32.2. The molecule has 0 aromatic heterocycles. The Kier molecular flexibility index (Phi) is 4.85. The fourth-order valence-corrected chi connectivity index (χ4v) is 3.52. The summed E-state index contributed by atoms with van der Waals surface area (Å²) in [6.07, 6.45) is -2.92. The van der Waals surface area contributed by atoms with Gasteiger partial charge in [-0.1, -0.05) is 6.07 Å². The highest BCUT2D eigenvalue weighted by Gasteiger charge is 2.36. The quantitative estimate of drug-likeness (QED) is 0.899. The van der Waals surface area contributed by atoms with E-state index in [4.69, 9.17) is 0 Å². The molecule has 0 bridgehead atoms. The van der Waals surface area contributed by atoms with Gasteiger partial charge in [-0.3, -0.25) is 4.79 Å². The molecular weight excluding hydrogens is 337 g/mol. The lowest BCUT2D eigenvalue weighted by Crippen LogP contribution is -2.42. The Labute approximate surface area is 131 Å². The van der Waals surface area contributed by atoms with Crippen molar-refractivity contribution in [1.82, 2.24) is 4.31 Å². The van der Waals surface area contributed by atoms with Crippen LogP contribution < -0.4 is 10.1 Å². The van der Waals surface area contributed by atoms with Gasteiger partial charge in [0.25, 0.3) is 0 Å². The van der Waals surface area contributed by atoms with Crippen molar-refractivity contribution in [3.8, 4) is 5.75 Å². The van der Waals surface area contributed by atoms with Crippen molar-refractivity contribution in [3.05, 3.63) is 24.3 Å². The molecule has 0 unspecified atom stereocenters. The molecule has 0 saturated carbocycles. The molecule has 1 fully saturated rings. The van der Waals surface area contributed by atoms with Crippen LogP contribution in [0.4, 0.5) is 18.9 Å². The number of rotatable bonds is 4. The van der Waals surface area contributed by atoms with E-state index in [0.29, 0.717) is 12.8 Å². The lowest BCUT2D eigenvalue weighted by molar-refractivity contribution is -0.274. The number of ether oxygens (including phenoxy) is 1. The van der Waals surface area contributed by atoms with E-state index in [0.717, 1.165) is 22.7 Å². The van der Waals surface area contributed by atoms with Gasteiger partial charge in [-0.2, -0.15) is 4.31 Å². The maximum Gasteiger partial charge on any atom is 0.573 e. The van der Waals surface area contributed by atoms with Crippen LogP contribution in [0, 0.1) is 0 Å². The summed E-state index contributed by atoms with van der Waals surface area (Å²) in [6.45, 7) is 0.244. The van der Waals surface area contributed by atoms with E-state index < -0.39 is 34.1 Å². The third-order valence-electron chi connectivity index (χ3n) is 3.27. The number of hydrogen-bond donors (Lipinski definition) is 1. The van der Waals surface area contributed by atoms with Crippen LogP contribution in [0.1, 0.15) is 12.8 Å². The van der Waals surface area contributed by atoms with Gasteiger partial charge in [0, 0.05) is 18.3 Å². The Bertz CT molecular complexity index is 691. The Balaban J connectivity index is 2.10. The molecule has 1 aliphatic rings. The van der Waals surface area contributed by atoms with Crippen LogP contribution in [-0.4, -0.2) is 43.8 Å². The fraction of sp³-hybridized carbons (Fsp3) is 0.462. The van der Waals surface area contributed by atoms with Gasteiger partial charge >= 0.3 is 6.36 Å². The molecular formula is C13H15F3N2O4S. The zero-order chi connectivity index (χ0) is 17.3. The summed E-state index contributed by atoms with van der Waals surface area (Å²) in [5.74, 6) is -1.06. The number of carbonyl (C=O) groups excluding carboxylic acids is 1. The van der Waals surface area contributed by atoms with Gasteiger partial charge < -0.3 is 10.1 Å². The van der Waals surface area contributed by atoms with Crippen LogP contribution in [0.2, 0.25) is 0 Å². The molecule has 6 nitrogen and oxygen atoms in total. The molecule has 0 radical (unpaired) electrons. The zero-order valence-corrected chi connectivity index (χ0v) is 12.9. The molecule has 1 heterocycles. The fourth-order valence-electron chi connectivity index (χ4n) is 2.40. The number of alkyl halides is 3. The van der Waals surface area contributed by atoms with Crippen molar-refractivity contribution in [3.63, 3.8) is 0 Å². The summed E-state index contributed by atoms with van der Waals surface area (Å²) in [6, 6.07) is 3.94. The summed E-state index contributed by atoms with van der Waals surface area (Å²) in [7, 11) is -3.52. The minimum atomic E-state index is -4.83. The number of sulfonamides is 1. The maximum absolute atomic E-state index is 12.2. The summed E-state index contributed by atoms with van der Waals surface area (Å²) >= 11 is 0. The molecule has 1 aliphatic heterocycles. The van der Waals surface area contributed by atoms with Crippen molar-refractivity contribution >= 4 is 21.6 Å². The predicted octanol–water partition coefficient (Wildman–Crippen LogP) is 1.95. The van der Waals surface area contributed by atoms with Crippen LogP contribution in [0.3, 0.4) is 0 Å². The molecule has 10 heteroatoms. The minimum absolute atomic E-state index is 0.0945. The molecule has 1 aromatic carbocycles. The number of nitrogens with zero attached hydrogens (tertiary/aromatic N) is 1. The molecule has 1 amide bonds. The maximum atomic E-state index is 12.2. The molecule has 1 atom stereocenters. The average molecular weight is 352 g/mol. The van der Waals surface area contributed by atoms with Crippen molar-refractivity contribution in [2.24, 2.45) is 0 Å². The first-order valence-electron chi connectivity index (χ1n) is 6.70. The van der Waals surface area contributed by atoms with Crippen molar-refractivity contribution in [2.45, 2.75) is 25.2 Å². The van der Waals surface area contributed by atoms with E-state index >= 15 is 0 Å². The molecule has 0 spiro atoms. The Morgan fingerprint density at radius 2 is 2.09 bits per heavy atom. The Morgan fingerprint density at radius 3 is 2.70 bits per heavy atom. The Hall–Kier alpha value is -1.81. The third kappa shape index (κ3) is 4.83. The van der Waals surface area contributed by atoms with Crippen LogP contribution in [0.15, 0.2) is 24.3 Å². The van der Waals surface area contributed by atoms with Gasteiger partial charge in [0.05, 0.1) is 6.26 Å². The molecule has 128 valence electrons. The first-order chi connectivity index (χ1) is 10.6. The monoisotopic (exact) mass is 352 g/mol. The van der Waals surface area contributed by atoms with Gasteiger partial charge in [-0.25, -0.2) is 8.42 Å². The van der Waals surface area contributed by atoms with Gasteiger partial charge in [0.1, 0.15) is 11.8 Å². The van der Waals surface area contributed by atoms with Gasteiger partial charge in [0.15, 0.2) is 0 Å². The molecule has 1 saturated heterocycles. The number of carbonyl (C=O) groups is 1. The van der Waals surface area contributed by atoms with Gasteiger partial charge in [-0.15, -0.1) is 13.2 Å². The third-order valence-corrected chi connectivity index (χ3v) is 4.56. The second kappa shape index (κ2) is 6.36. The van der Waals surface area contributed by atoms with Crippen LogP contribution >= 0.6 is 0 Å². The largest absolute Gasteiger partial charge is 0.573 e. The standard InChI is InChI=1S/C13H15F3N2O4S/c1-23(20,21)18-7-3-6-11(18)12(19)17-9-4-2-5-10(8-9)22-13(14,15)16/h2,4-5,8,11H,3,6-7H2,1H3,(H,17,19)/t11-/m1/s1. The minimum Gasteiger partial charge on any atom is -0.406 e. The highest BCUT2D eigenvalue weighted by molar-refractivity contribution is 7.88. The summed E-state index contributed by atoms with van der Waals surface area (Å²) in [4.78, 5) is 12.2. The van der Waals surface area contributed by atoms with E-state index in [2.05, 4.69) is 10.1 Å². The molecule has 1 aromatic rings. The lowest BCUT2D eigenvalue weighted by atomic mass is 10.2. The van der Waals surface area contributed by atoms with E-state index in [1.807, 2.05) is 0 Å². The smallest absolute Gasteiger partial charge is 0.406 e. The zero-order valence-electron chi connectivity index (χ0n) is 12.1. The number of benzene rings is 1. The van der Waals surface area contributed by atoms with Crippen LogP contribution in [0.5, 0.6) is 5.75 Å². The summed E-state index contributed by atoms with van der Waals surface area (Å²) in [5.41, 5.74) is 0.0945. The topological polar surface area (TPSA) is 75.7 Å². The number of hydrogen-bond acceptors (Lipinski definition) is 4. The highest BCUT2D eigenvalue weighted by Crippen LogP contribution is 2.26. The number of halogens is 3.